The lowest BCUT2D eigenvalue weighted by molar-refractivity contribution is -0.0716. The third-order valence-corrected chi connectivity index (χ3v) is 5.33. The van der Waals surface area contributed by atoms with Crippen LogP contribution in [0.15, 0.2) is 12.1 Å². The van der Waals surface area contributed by atoms with E-state index < -0.39 is 5.79 Å². The van der Waals surface area contributed by atoms with Crippen LogP contribution in [0.3, 0.4) is 0 Å². The number of halogens is 1. The van der Waals surface area contributed by atoms with Gasteiger partial charge >= 0.3 is 0 Å². The van der Waals surface area contributed by atoms with Gasteiger partial charge in [0.15, 0.2) is 11.5 Å². The fourth-order valence-electron chi connectivity index (χ4n) is 3.84. The SMILES string of the molecule is Clc1cc2c(cc1CC1CCCNC1)OC1(CCCC1)O2. The van der Waals surface area contributed by atoms with Crippen LogP contribution in [0.25, 0.3) is 0 Å². The Kier molecular flexibility index (Phi) is 3.50. The van der Waals surface area contributed by atoms with Crippen LogP contribution < -0.4 is 14.8 Å². The fourth-order valence-corrected chi connectivity index (χ4v) is 4.07. The number of fused-ring (bicyclic) bond motifs is 1. The molecule has 3 nitrogen and oxygen atoms in total. The van der Waals surface area contributed by atoms with Gasteiger partial charge in [0, 0.05) is 23.9 Å². The standard InChI is InChI=1S/C17H22ClNO2/c18-14-10-16-15(20-17(21-16)5-1-2-6-17)9-13(14)8-12-4-3-7-19-11-12/h9-10,12,19H,1-8,11H2. The van der Waals surface area contributed by atoms with Crippen LogP contribution in [-0.4, -0.2) is 18.9 Å². The Bertz CT molecular complexity index is 534. The average Bonchev–Trinajstić information content (AvgIpc) is 3.07. The molecule has 1 aromatic rings. The van der Waals surface area contributed by atoms with Crippen molar-refractivity contribution >= 4 is 11.6 Å². The van der Waals surface area contributed by atoms with E-state index in [0.717, 1.165) is 48.9 Å². The first-order chi connectivity index (χ1) is 10.2. The van der Waals surface area contributed by atoms with Gasteiger partial charge in [0.2, 0.25) is 0 Å². The summed E-state index contributed by atoms with van der Waals surface area (Å²) < 4.78 is 12.2. The van der Waals surface area contributed by atoms with Crippen molar-refractivity contribution in [2.75, 3.05) is 13.1 Å². The quantitative estimate of drug-likeness (QED) is 0.898. The summed E-state index contributed by atoms with van der Waals surface area (Å²) >= 11 is 6.47. The maximum Gasteiger partial charge on any atom is 0.251 e. The lowest BCUT2D eigenvalue weighted by Gasteiger charge is -2.23. The lowest BCUT2D eigenvalue weighted by Crippen LogP contribution is -2.34. The molecule has 2 heterocycles. The first-order valence-corrected chi connectivity index (χ1v) is 8.53. The van der Waals surface area contributed by atoms with Crippen LogP contribution in [-0.2, 0) is 6.42 Å². The van der Waals surface area contributed by atoms with Gasteiger partial charge in [-0.15, -0.1) is 0 Å². The zero-order valence-corrected chi connectivity index (χ0v) is 13.0. The van der Waals surface area contributed by atoms with E-state index >= 15 is 0 Å². The summed E-state index contributed by atoms with van der Waals surface area (Å²) in [4.78, 5) is 0. The van der Waals surface area contributed by atoms with Gasteiger partial charge in [0.05, 0.1) is 0 Å². The van der Waals surface area contributed by atoms with Gasteiger partial charge in [0.25, 0.3) is 5.79 Å². The second-order valence-corrected chi connectivity index (χ2v) is 7.04. The summed E-state index contributed by atoms with van der Waals surface area (Å²) in [6.07, 6.45) is 7.90. The van der Waals surface area contributed by atoms with E-state index in [0.29, 0.717) is 5.92 Å². The molecule has 1 unspecified atom stereocenters. The summed E-state index contributed by atoms with van der Waals surface area (Å²) in [6, 6.07) is 4.06. The second-order valence-electron chi connectivity index (χ2n) is 6.63. The van der Waals surface area contributed by atoms with Crippen molar-refractivity contribution in [3.8, 4) is 11.5 Å². The van der Waals surface area contributed by atoms with Crippen LogP contribution in [0.5, 0.6) is 11.5 Å². The van der Waals surface area contributed by atoms with Crippen molar-refractivity contribution in [3.05, 3.63) is 22.7 Å². The van der Waals surface area contributed by atoms with E-state index in [1.165, 1.54) is 31.2 Å². The minimum Gasteiger partial charge on any atom is -0.448 e. The zero-order chi connectivity index (χ0) is 14.3. The average molecular weight is 308 g/mol. The Balaban J connectivity index is 1.54. The highest BCUT2D eigenvalue weighted by Gasteiger charge is 2.44. The molecule has 1 N–H and O–H groups in total. The highest BCUT2D eigenvalue weighted by molar-refractivity contribution is 6.31. The van der Waals surface area contributed by atoms with Gasteiger partial charge in [-0.05, 0) is 62.7 Å². The minimum atomic E-state index is -0.392. The third kappa shape index (κ3) is 2.62. The molecule has 1 saturated heterocycles. The number of nitrogens with one attached hydrogen (secondary N) is 1. The Labute approximate surface area is 131 Å². The Morgan fingerprint density at radius 2 is 1.90 bits per heavy atom. The number of ether oxygens (including phenoxy) is 2. The second kappa shape index (κ2) is 5.36. The molecule has 1 atom stereocenters. The van der Waals surface area contributed by atoms with Crippen molar-refractivity contribution in [1.82, 2.24) is 5.32 Å². The van der Waals surface area contributed by atoms with Gasteiger partial charge in [0.1, 0.15) is 0 Å². The number of hydrogen-bond acceptors (Lipinski definition) is 3. The molecular weight excluding hydrogens is 286 g/mol. The van der Waals surface area contributed by atoms with Gasteiger partial charge in [-0.1, -0.05) is 11.6 Å². The van der Waals surface area contributed by atoms with Crippen molar-refractivity contribution in [1.29, 1.82) is 0 Å². The van der Waals surface area contributed by atoms with E-state index in [2.05, 4.69) is 11.4 Å². The van der Waals surface area contributed by atoms with Crippen molar-refractivity contribution < 1.29 is 9.47 Å². The van der Waals surface area contributed by atoms with Gasteiger partial charge in [-0.25, -0.2) is 0 Å². The maximum absolute atomic E-state index is 6.47. The normalized spacial score (nSPS) is 26.4. The molecule has 114 valence electrons. The molecule has 0 aromatic heterocycles. The molecule has 1 saturated carbocycles. The number of hydrogen-bond donors (Lipinski definition) is 1. The van der Waals surface area contributed by atoms with E-state index in [4.69, 9.17) is 21.1 Å². The number of rotatable bonds is 2. The molecule has 3 aliphatic rings. The highest BCUT2D eigenvalue weighted by Crippen LogP contribution is 2.48. The van der Waals surface area contributed by atoms with Crippen molar-refractivity contribution in [3.63, 3.8) is 0 Å². The van der Waals surface area contributed by atoms with Gasteiger partial charge in [-0.2, -0.15) is 0 Å². The summed E-state index contributed by atoms with van der Waals surface area (Å²) in [5.41, 5.74) is 1.20. The molecule has 2 aliphatic heterocycles. The largest absolute Gasteiger partial charge is 0.448 e. The van der Waals surface area contributed by atoms with E-state index in [1.54, 1.807) is 0 Å². The third-order valence-electron chi connectivity index (χ3n) is 4.98. The molecule has 0 bridgehead atoms. The zero-order valence-electron chi connectivity index (χ0n) is 12.3. The topological polar surface area (TPSA) is 30.5 Å². The Morgan fingerprint density at radius 3 is 2.62 bits per heavy atom. The minimum absolute atomic E-state index is 0.392. The van der Waals surface area contributed by atoms with Crippen LogP contribution in [0.2, 0.25) is 5.02 Å². The fraction of sp³-hybridized carbons (Fsp3) is 0.647. The first kappa shape index (κ1) is 13.7. The van der Waals surface area contributed by atoms with Crippen LogP contribution >= 0.6 is 11.6 Å². The first-order valence-electron chi connectivity index (χ1n) is 8.15. The number of piperidine rings is 1. The molecule has 1 aliphatic carbocycles. The maximum atomic E-state index is 6.47. The molecule has 2 fully saturated rings. The number of benzene rings is 1. The molecular formula is C17H22ClNO2. The van der Waals surface area contributed by atoms with Gasteiger partial charge < -0.3 is 14.8 Å². The van der Waals surface area contributed by atoms with E-state index in [9.17, 15) is 0 Å². The Morgan fingerprint density at radius 1 is 1.14 bits per heavy atom. The highest BCUT2D eigenvalue weighted by atomic mass is 35.5. The Hall–Kier alpha value is -0.930. The molecule has 0 radical (unpaired) electrons. The molecule has 0 amide bonds. The summed E-state index contributed by atoms with van der Waals surface area (Å²) in [7, 11) is 0. The predicted molar refractivity (Wildman–Crippen MR) is 83.2 cm³/mol. The van der Waals surface area contributed by atoms with Gasteiger partial charge in [-0.3, -0.25) is 0 Å². The molecule has 1 spiro atoms. The van der Waals surface area contributed by atoms with Crippen molar-refractivity contribution in [2.24, 2.45) is 5.92 Å². The van der Waals surface area contributed by atoms with Crippen LogP contribution in [0.1, 0.15) is 44.1 Å². The lowest BCUT2D eigenvalue weighted by atomic mass is 9.92. The summed E-state index contributed by atoms with van der Waals surface area (Å²) in [5.74, 6) is 2.00. The monoisotopic (exact) mass is 307 g/mol. The predicted octanol–water partition coefficient (Wildman–Crippen LogP) is 3.92. The van der Waals surface area contributed by atoms with Crippen molar-refractivity contribution in [2.45, 2.75) is 50.7 Å². The van der Waals surface area contributed by atoms with E-state index in [1.807, 2.05) is 6.07 Å². The van der Waals surface area contributed by atoms with Crippen LogP contribution in [0.4, 0.5) is 0 Å². The summed E-state index contributed by atoms with van der Waals surface area (Å²) in [5, 5.41) is 4.29. The molecule has 1 aromatic carbocycles. The molecule has 21 heavy (non-hydrogen) atoms. The molecule has 4 heteroatoms. The smallest absolute Gasteiger partial charge is 0.251 e. The summed E-state index contributed by atoms with van der Waals surface area (Å²) in [6.45, 7) is 2.24. The molecule has 4 rings (SSSR count). The van der Waals surface area contributed by atoms with Crippen LogP contribution in [0, 0.1) is 5.92 Å². The van der Waals surface area contributed by atoms with E-state index in [-0.39, 0.29) is 0 Å².